The molecule has 0 radical (unpaired) electrons. The maximum Gasteiger partial charge on any atom is 0.251 e. The van der Waals surface area contributed by atoms with Crippen molar-refractivity contribution >= 4 is 19.4 Å². The zero-order valence-corrected chi connectivity index (χ0v) is 15.7. The van der Waals surface area contributed by atoms with E-state index in [2.05, 4.69) is 4.90 Å². The number of nitrogens with zero attached hydrogens (tertiary/aromatic N) is 2. The molecule has 0 bridgehead atoms. The van der Waals surface area contributed by atoms with Gasteiger partial charge in [-0.05, 0) is 32.8 Å². The SMILES string of the molecule is CCN1CC2(CCN(Cc3ccc(F)cc3F)CC2)O[C@@H](C)C1=O.S. The van der Waals surface area contributed by atoms with E-state index in [9.17, 15) is 13.6 Å². The van der Waals surface area contributed by atoms with Crippen LogP contribution in [0.5, 0.6) is 0 Å². The first-order chi connectivity index (χ1) is 11.4. The fourth-order valence-corrected chi connectivity index (χ4v) is 3.70. The number of carbonyl (C=O) groups is 1. The molecule has 2 saturated heterocycles. The van der Waals surface area contributed by atoms with Crippen molar-refractivity contribution in [2.75, 3.05) is 26.2 Å². The lowest BCUT2D eigenvalue weighted by Crippen LogP contribution is -2.61. The Kier molecular flexibility index (Phi) is 6.45. The molecular weight excluding hydrogens is 346 g/mol. The van der Waals surface area contributed by atoms with Crippen LogP contribution in [0.4, 0.5) is 8.78 Å². The van der Waals surface area contributed by atoms with E-state index in [1.54, 1.807) is 0 Å². The van der Waals surface area contributed by atoms with Crippen LogP contribution in [0.15, 0.2) is 18.2 Å². The monoisotopic (exact) mass is 372 g/mol. The van der Waals surface area contributed by atoms with Crippen LogP contribution in [0.25, 0.3) is 0 Å². The second kappa shape index (κ2) is 8.01. The molecule has 1 aromatic rings. The molecule has 7 heteroatoms. The highest BCUT2D eigenvalue weighted by Crippen LogP contribution is 2.33. The van der Waals surface area contributed by atoms with Crippen molar-refractivity contribution in [1.82, 2.24) is 9.80 Å². The lowest BCUT2D eigenvalue weighted by Gasteiger charge is -2.49. The summed E-state index contributed by atoms with van der Waals surface area (Å²) >= 11 is 0. The summed E-state index contributed by atoms with van der Waals surface area (Å²) in [5.41, 5.74) is 0.219. The molecule has 1 atom stereocenters. The Morgan fingerprint density at radius 2 is 1.96 bits per heavy atom. The van der Waals surface area contributed by atoms with Crippen molar-refractivity contribution in [3.63, 3.8) is 0 Å². The van der Waals surface area contributed by atoms with E-state index in [0.29, 0.717) is 25.2 Å². The standard InChI is InChI=1S/C18H24F2N2O2.H2S/c1-3-22-12-18(24-13(2)17(22)23)6-8-21(9-7-18)11-14-4-5-15(19)10-16(14)20;/h4-5,10,13H,3,6-9,11-12H2,1-2H3;1H2/t13-;/m0./s1. The van der Waals surface area contributed by atoms with Crippen molar-refractivity contribution in [2.24, 2.45) is 0 Å². The predicted molar refractivity (Wildman–Crippen MR) is 96.8 cm³/mol. The van der Waals surface area contributed by atoms with Gasteiger partial charge in [0.1, 0.15) is 17.7 Å². The Hall–Kier alpha value is -1.18. The van der Waals surface area contributed by atoms with Gasteiger partial charge >= 0.3 is 0 Å². The fraction of sp³-hybridized carbons (Fsp3) is 0.611. The number of carbonyl (C=O) groups excluding carboxylic acids is 1. The normalized spacial score (nSPS) is 23.6. The minimum absolute atomic E-state index is 0. The molecular formula is C18H26F2N2O2S. The summed E-state index contributed by atoms with van der Waals surface area (Å²) in [4.78, 5) is 16.1. The Labute approximate surface area is 154 Å². The van der Waals surface area contributed by atoms with Crippen molar-refractivity contribution < 1.29 is 18.3 Å². The van der Waals surface area contributed by atoms with E-state index in [-0.39, 0.29) is 25.0 Å². The molecule has 1 spiro atoms. The number of benzene rings is 1. The van der Waals surface area contributed by atoms with Crippen LogP contribution >= 0.6 is 13.5 Å². The van der Waals surface area contributed by atoms with E-state index in [0.717, 1.165) is 32.0 Å². The maximum atomic E-state index is 13.8. The van der Waals surface area contributed by atoms with Crippen LogP contribution in [0.1, 0.15) is 32.3 Å². The number of hydrogen-bond donors (Lipinski definition) is 0. The highest BCUT2D eigenvalue weighted by molar-refractivity contribution is 7.59. The van der Waals surface area contributed by atoms with E-state index in [1.807, 2.05) is 18.7 Å². The van der Waals surface area contributed by atoms with Crippen molar-refractivity contribution in [3.05, 3.63) is 35.4 Å². The highest BCUT2D eigenvalue weighted by Gasteiger charge is 2.44. The topological polar surface area (TPSA) is 32.8 Å². The van der Waals surface area contributed by atoms with Crippen LogP contribution < -0.4 is 0 Å². The first-order valence-electron chi connectivity index (χ1n) is 8.55. The van der Waals surface area contributed by atoms with Gasteiger partial charge in [0.25, 0.3) is 5.91 Å². The molecule has 1 aromatic carbocycles. The van der Waals surface area contributed by atoms with E-state index >= 15 is 0 Å². The number of piperidine rings is 1. The summed E-state index contributed by atoms with van der Waals surface area (Å²) in [5.74, 6) is -0.998. The van der Waals surface area contributed by atoms with Gasteiger partial charge in [-0.15, -0.1) is 0 Å². The predicted octanol–water partition coefficient (Wildman–Crippen LogP) is 2.68. The number of ether oxygens (including phenoxy) is 1. The van der Waals surface area contributed by atoms with Crippen LogP contribution in [0.2, 0.25) is 0 Å². The first-order valence-corrected chi connectivity index (χ1v) is 8.55. The number of morpholine rings is 1. The molecule has 0 N–H and O–H groups in total. The molecule has 2 aliphatic rings. The molecule has 0 aromatic heterocycles. The Morgan fingerprint density at radius 3 is 2.56 bits per heavy atom. The molecule has 3 rings (SSSR count). The number of likely N-dealkylation sites (tertiary alicyclic amines) is 1. The highest BCUT2D eigenvalue weighted by atomic mass is 32.1. The molecule has 2 heterocycles. The average Bonchev–Trinajstić information content (AvgIpc) is 2.56. The number of halogens is 2. The van der Waals surface area contributed by atoms with Crippen LogP contribution in [0.3, 0.4) is 0 Å². The lowest BCUT2D eigenvalue weighted by molar-refractivity contribution is -0.189. The third-order valence-electron chi connectivity index (χ3n) is 5.12. The summed E-state index contributed by atoms with van der Waals surface area (Å²) < 4.78 is 32.9. The summed E-state index contributed by atoms with van der Waals surface area (Å²) in [6.07, 6.45) is 1.22. The van der Waals surface area contributed by atoms with Gasteiger partial charge in [0, 0.05) is 44.4 Å². The summed E-state index contributed by atoms with van der Waals surface area (Å²) in [5, 5.41) is 0. The van der Waals surface area contributed by atoms with Gasteiger partial charge in [0.05, 0.1) is 5.60 Å². The van der Waals surface area contributed by atoms with Crippen LogP contribution in [-0.4, -0.2) is 53.6 Å². The maximum absolute atomic E-state index is 13.8. The van der Waals surface area contributed by atoms with Crippen molar-refractivity contribution in [3.8, 4) is 0 Å². The minimum atomic E-state index is -0.553. The smallest absolute Gasteiger partial charge is 0.251 e. The van der Waals surface area contributed by atoms with Gasteiger partial charge in [0.2, 0.25) is 0 Å². The van der Waals surface area contributed by atoms with Gasteiger partial charge in [-0.3, -0.25) is 9.69 Å². The fourth-order valence-electron chi connectivity index (χ4n) is 3.70. The second-order valence-corrected chi connectivity index (χ2v) is 6.81. The summed E-state index contributed by atoms with van der Waals surface area (Å²) in [7, 11) is 0. The second-order valence-electron chi connectivity index (χ2n) is 6.81. The number of amides is 1. The van der Waals surface area contributed by atoms with E-state index in [4.69, 9.17) is 4.74 Å². The third kappa shape index (κ3) is 4.33. The molecule has 140 valence electrons. The number of rotatable bonds is 3. The average molecular weight is 372 g/mol. The molecule has 0 saturated carbocycles. The molecule has 1 amide bonds. The molecule has 4 nitrogen and oxygen atoms in total. The zero-order chi connectivity index (χ0) is 17.3. The molecule has 0 unspecified atom stereocenters. The van der Waals surface area contributed by atoms with Gasteiger partial charge in [-0.1, -0.05) is 6.07 Å². The Morgan fingerprint density at radius 1 is 1.28 bits per heavy atom. The van der Waals surface area contributed by atoms with Crippen molar-refractivity contribution in [1.29, 1.82) is 0 Å². The first kappa shape index (κ1) is 20.1. The van der Waals surface area contributed by atoms with Crippen LogP contribution in [0, 0.1) is 11.6 Å². The van der Waals surface area contributed by atoms with Crippen molar-refractivity contribution in [2.45, 2.75) is 44.9 Å². The molecule has 2 fully saturated rings. The minimum Gasteiger partial charge on any atom is -0.360 e. The summed E-state index contributed by atoms with van der Waals surface area (Å²) in [6.45, 7) is 7.13. The quantitative estimate of drug-likeness (QED) is 0.818. The zero-order valence-electron chi connectivity index (χ0n) is 14.7. The lowest BCUT2D eigenvalue weighted by atomic mass is 9.88. The van der Waals surface area contributed by atoms with Crippen LogP contribution in [-0.2, 0) is 16.1 Å². The van der Waals surface area contributed by atoms with Gasteiger partial charge in [0.15, 0.2) is 0 Å². The Bertz CT molecular complexity index is 621. The van der Waals surface area contributed by atoms with Gasteiger partial charge in [-0.25, -0.2) is 8.78 Å². The Balaban J connectivity index is 0.00000225. The van der Waals surface area contributed by atoms with E-state index in [1.165, 1.54) is 12.1 Å². The van der Waals surface area contributed by atoms with Gasteiger partial charge < -0.3 is 9.64 Å². The number of hydrogen-bond acceptors (Lipinski definition) is 3. The van der Waals surface area contributed by atoms with Gasteiger partial charge in [-0.2, -0.15) is 13.5 Å². The third-order valence-corrected chi connectivity index (χ3v) is 5.12. The van der Waals surface area contributed by atoms with E-state index < -0.39 is 17.7 Å². The largest absolute Gasteiger partial charge is 0.360 e. The number of likely N-dealkylation sites (N-methyl/N-ethyl adjacent to an activating group) is 1. The molecule has 2 aliphatic heterocycles. The molecule has 0 aliphatic carbocycles. The summed E-state index contributed by atoms with van der Waals surface area (Å²) in [6, 6.07) is 3.73. The molecule has 25 heavy (non-hydrogen) atoms.